The van der Waals surface area contributed by atoms with Crippen molar-refractivity contribution in [2.75, 3.05) is 34.5 Å². The lowest BCUT2D eigenvalue weighted by Gasteiger charge is -2.53. The number of hydrogen-bond donors (Lipinski definition) is 6. The van der Waals surface area contributed by atoms with E-state index in [1.54, 1.807) is 6.92 Å². The molecule has 18 heteroatoms. The number of phenolic OH excluding ortho intramolecular Hbond substituents is 1. The number of esters is 1. The van der Waals surface area contributed by atoms with Crippen molar-refractivity contribution in [3.05, 3.63) is 56.6 Å². The normalized spacial score (nSPS) is 31.0. The van der Waals surface area contributed by atoms with Gasteiger partial charge in [-0.25, -0.2) is 9.59 Å². The first-order valence-electron chi connectivity index (χ1n) is 16.6. The van der Waals surface area contributed by atoms with Gasteiger partial charge < -0.3 is 54.3 Å². The smallest absolute Gasteiger partial charge is 0.341 e. The van der Waals surface area contributed by atoms with Crippen LogP contribution in [-0.4, -0.2) is 142 Å². The van der Waals surface area contributed by atoms with Gasteiger partial charge in [-0.05, 0) is 31.0 Å². The van der Waals surface area contributed by atoms with E-state index in [1.165, 1.54) is 20.1 Å². The zero-order valence-electron chi connectivity index (χ0n) is 29.6. The second kappa shape index (κ2) is 13.7. The van der Waals surface area contributed by atoms with E-state index in [4.69, 9.17) is 23.7 Å². The van der Waals surface area contributed by atoms with Crippen LogP contribution in [0.2, 0.25) is 0 Å². The molecule has 0 amide bonds. The van der Waals surface area contributed by atoms with Crippen LogP contribution in [0, 0.1) is 12.8 Å². The molecule has 8 atom stereocenters. The minimum atomic E-state index is -3.32. The molecule has 2 aromatic carbocycles. The van der Waals surface area contributed by atoms with E-state index in [2.05, 4.69) is 4.99 Å². The zero-order valence-corrected chi connectivity index (χ0v) is 29.6. The summed E-state index contributed by atoms with van der Waals surface area (Å²) in [6.07, 6.45) is -7.54. The monoisotopic (exact) mass is 755 g/mol. The van der Waals surface area contributed by atoms with E-state index in [1.807, 2.05) is 0 Å². The summed E-state index contributed by atoms with van der Waals surface area (Å²) in [6, 6.07) is 2.10. The lowest BCUT2D eigenvalue weighted by atomic mass is 9.56. The van der Waals surface area contributed by atoms with Gasteiger partial charge in [0.05, 0.1) is 61.2 Å². The number of carbonyl (C=O) groups excluding carboxylic acids is 5. The number of ketones is 4. The van der Waals surface area contributed by atoms with Crippen molar-refractivity contribution in [2.24, 2.45) is 10.9 Å². The number of Topliss-reactive ketones (excluding diaryl/α,β-unsaturated/α-hetero) is 4. The summed E-state index contributed by atoms with van der Waals surface area (Å²) in [5, 5.41) is 66.2. The Morgan fingerprint density at radius 3 is 2.31 bits per heavy atom. The number of carboxylic acid groups (broad SMARTS) is 1. The van der Waals surface area contributed by atoms with E-state index in [9.17, 15) is 59.4 Å². The van der Waals surface area contributed by atoms with Crippen molar-refractivity contribution in [1.82, 2.24) is 0 Å². The molecule has 1 unspecified atom stereocenters. The molecule has 1 heterocycles. The van der Waals surface area contributed by atoms with Gasteiger partial charge in [0.15, 0.2) is 29.8 Å². The van der Waals surface area contributed by atoms with Crippen LogP contribution in [0.5, 0.6) is 11.5 Å². The average molecular weight is 756 g/mol. The van der Waals surface area contributed by atoms with Crippen molar-refractivity contribution in [3.8, 4) is 11.5 Å². The van der Waals surface area contributed by atoms with Gasteiger partial charge in [-0.3, -0.25) is 24.2 Å². The Bertz CT molecular complexity index is 2060. The second-order valence-corrected chi connectivity index (χ2v) is 13.5. The summed E-state index contributed by atoms with van der Waals surface area (Å²) in [7, 11) is 3.22. The number of aromatic hydroxyl groups is 1. The van der Waals surface area contributed by atoms with E-state index >= 15 is 0 Å². The van der Waals surface area contributed by atoms with Gasteiger partial charge in [0.1, 0.15) is 23.2 Å². The number of benzene rings is 2. The topological polar surface area (TPSA) is 282 Å². The average Bonchev–Trinajstić information content (AvgIpc) is 3.11. The molecule has 1 aliphatic heterocycles. The maximum atomic E-state index is 14.8. The molecule has 0 bridgehead atoms. The zero-order chi connectivity index (χ0) is 39.8. The molecule has 1 saturated heterocycles. The maximum Gasteiger partial charge on any atom is 0.341 e. The molecule has 54 heavy (non-hydrogen) atoms. The molecule has 4 aliphatic rings. The predicted molar refractivity (Wildman–Crippen MR) is 178 cm³/mol. The predicted octanol–water partition coefficient (Wildman–Crippen LogP) is -0.541. The number of methoxy groups -OCH3 is 3. The second-order valence-electron chi connectivity index (χ2n) is 13.5. The fourth-order valence-electron chi connectivity index (χ4n) is 8.20. The molecule has 0 saturated carbocycles. The molecule has 0 spiro atoms. The fraction of sp³-hybridized carbons (Fsp3) is 0.472. The largest absolute Gasteiger partial charge is 0.506 e. The Morgan fingerprint density at radius 1 is 1.04 bits per heavy atom. The standard InChI is InChI=1S/C36H37NO17/c1-12-6-14-7-20(40)36(52-5)32(47)24-16(31(46)35(36,49)25(14)30(53-11-21(41)42)22(12)34(48)51-4)8-15-23(28(24)45)19(39)9-18(26(15)43)37-33-17(10-38)27(44)29(50-3)13(2)54-33/h6,8,13,17,20,27,29,33,38,40,44-45,49H,7,9-11H2,1-5H3,(H,41,42)/t13-,17+,20+,27-,29-,33?,35-,36+/m0/s1. The molecule has 3 aliphatic carbocycles. The summed E-state index contributed by atoms with van der Waals surface area (Å²) in [6.45, 7) is 1.23. The first-order chi connectivity index (χ1) is 25.5. The molecule has 0 aromatic heterocycles. The van der Waals surface area contributed by atoms with Crippen LogP contribution in [0.3, 0.4) is 0 Å². The Kier molecular flexibility index (Phi) is 9.85. The molecule has 6 rings (SSSR count). The molecule has 18 nitrogen and oxygen atoms in total. The summed E-state index contributed by atoms with van der Waals surface area (Å²) in [5.41, 5.74) is -10.6. The Morgan fingerprint density at radius 2 is 1.72 bits per heavy atom. The van der Waals surface area contributed by atoms with E-state index in [0.717, 1.165) is 20.3 Å². The lowest BCUT2D eigenvalue weighted by molar-refractivity contribution is -0.206. The van der Waals surface area contributed by atoms with Crippen LogP contribution in [0.1, 0.15) is 81.8 Å². The van der Waals surface area contributed by atoms with Crippen molar-refractivity contribution in [1.29, 1.82) is 0 Å². The minimum absolute atomic E-state index is 0.0475. The first kappa shape index (κ1) is 38.8. The molecule has 288 valence electrons. The third-order valence-corrected chi connectivity index (χ3v) is 10.7. The van der Waals surface area contributed by atoms with Crippen molar-refractivity contribution < 1.29 is 83.1 Å². The number of rotatable bonds is 8. The number of nitrogens with zero attached hydrogens (tertiary/aromatic N) is 1. The van der Waals surface area contributed by atoms with E-state index in [-0.39, 0.29) is 11.1 Å². The molecule has 6 N–H and O–H groups in total. The van der Waals surface area contributed by atoms with Crippen molar-refractivity contribution in [3.63, 3.8) is 0 Å². The quantitative estimate of drug-likeness (QED) is 0.185. The van der Waals surface area contributed by atoms with Crippen LogP contribution in [-0.2, 0) is 35.8 Å². The van der Waals surface area contributed by atoms with Gasteiger partial charge in [0.25, 0.3) is 0 Å². The van der Waals surface area contributed by atoms with Gasteiger partial charge in [0.2, 0.25) is 17.3 Å². The highest BCUT2D eigenvalue weighted by Gasteiger charge is 2.73. The van der Waals surface area contributed by atoms with Crippen molar-refractivity contribution >= 4 is 40.8 Å². The first-order valence-corrected chi connectivity index (χ1v) is 16.6. The van der Waals surface area contributed by atoms with Crippen molar-refractivity contribution in [2.45, 2.75) is 68.5 Å². The van der Waals surface area contributed by atoms with Gasteiger partial charge >= 0.3 is 11.9 Å². The van der Waals surface area contributed by atoms with Gasteiger partial charge in [-0.2, -0.15) is 0 Å². The number of aryl methyl sites for hydroxylation is 1. The number of aliphatic carboxylic acids is 1. The summed E-state index contributed by atoms with van der Waals surface area (Å²) in [5.74, 6) is -10.3. The fourth-order valence-corrected chi connectivity index (χ4v) is 8.20. The Labute approximate surface area is 305 Å². The van der Waals surface area contributed by atoms with Gasteiger partial charge in [0, 0.05) is 37.3 Å². The molecular formula is C36H37NO17. The summed E-state index contributed by atoms with van der Waals surface area (Å²) < 4.78 is 27.0. The van der Waals surface area contributed by atoms with Crippen LogP contribution in [0.15, 0.2) is 17.1 Å². The lowest BCUT2D eigenvalue weighted by Crippen LogP contribution is -2.73. The number of aliphatic hydroxyl groups is 4. The van der Waals surface area contributed by atoms with Crippen LogP contribution in [0.25, 0.3) is 0 Å². The summed E-state index contributed by atoms with van der Waals surface area (Å²) in [4.78, 5) is 86.1. The molecule has 2 aromatic rings. The maximum absolute atomic E-state index is 14.8. The number of hydrogen-bond acceptors (Lipinski definition) is 17. The number of aliphatic hydroxyl groups excluding tert-OH is 3. The molecule has 1 fully saturated rings. The highest BCUT2D eigenvalue weighted by Crippen LogP contribution is 2.57. The number of carbonyl (C=O) groups is 6. The number of aliphatic imine (C=N–C) groups is 1. The third kappa shape index (κ3) is 5.24. The Hall–Kier alpha value is -4.95. The number of phenols is 1. The number of carboxylic acids is 1. The molecule has 0 radical (unpaired) electrons. The van der Waals surface area contributed by atoms with Crippen LogP contribution >= 0.6 is 0 Å². The highest BCUT2D eigenvalue weighted by atomic mass is 16.6. The van der Waals surface area contributed by atoms with Crippen LogP contribution in [0.4, 0.5) is 0 Å². The third-order valence-electron chi connectivity index (χ3n) is 10.7. The number of ether oxygens (including phenoxy) is 5. The number of fused-ring (bicyclic) bond motifs is 5. The van der Waals surface area contributed by atoms with E-state index in [0.29, 0.717) is 0 Å². The summed E-state index contributed by atoms with van der Waals surface area (Å²) >= 11 is 0. The minimum Gasteiger partial charge on any atom is -0.506 e. The highest BCUT2D eigenvalue weighted by molar-refractivity contribution is 6.53. The van der Waals surface area contributed by atoms with Gasteiger partial charge in [-0.1, -0.05) is 6.07 Å². The van der Waals surface area contributed by atoms with Crippen LogP contribution < -0.4 is 4.74 Å². The van der Waals surface area contributed by atoms with E-state index < -0.39 is 159 Å². The SMILES string of the molecule is COC(=O)c1c(C)cc2c(c1OCC(=O)O)[C@]1(O)C(=O)c3cc4c(c(O)c3C(=O)[C@]1(OC)[C@H](O)C2)C(=O)CC(=NC1O[C@@H](C)[C@H](OC)[C@@H](O)[C@H]1CO)C4=O. The van der Waals surface area contributed by atoms with Gasteiger partial charge in [-0.15, -0.1) is 0 Å². The molecular weight excluding hydrogens is 718 g/mol. The Balaban J connectivity index is 1.58.